The average molecular weight is 270 g/mol. The smallest absolute Gasteiger partial charge is 0.406 e. The predicted octanol–water partition coefficient (Wildman–Crippen LogP) is 5.29. The van der Waals surface area contributed by atoms with Crippen LogP contribution in [0.1, 0.15) is 18.6 Å². The Labute approximate surface area is 111 Å². The highest BCUT2D eigenvalue weighted by molar-refractivity contribution is 5.77. The molecule has 104 valence electrons. The van der Waals surface area contributed by atoms with E-state index in [2.05, 4.69) is 17.9 Å². The van der Waals surface area contributed by atoms with Gasteiger partial charge < -0.3 is 4.74 Å². The number of benzene rings is 1. The largest absolute Gasteiger partial charge is 0.573 e. The van der Waals surface area contributed by atoms with Gasteiger partial charge in [-0.25, -0.2) is 0 Å². The van der Waals surface area contributed by atoms with Crippen LogP contribution >= 0.6 is 0 Å². The van der Waals surface area contributed by atoms with Crippen LogP contribution in [0, 0.1) is 6.92 Å². The van der Waals surface area contributed by atoms with Crippen LogP contribution in [0.4, 0.5) is 13.2 Å². The lowest BCUT2D eigenvalue weighted by Crippen LogP contribution is -2.17. The number of allylic oxidation sites excluding steroid dienone is 4. The minimum absolute atomic E-state index is 0. The summed E-state index contributed by atoms with van der Waals surface area (Å²) in [5.41, 5.74) is 2.15. The molecule has 0 radical (unpaired) electrons. The number of hydrogen-bond acceptors (Lipinski definition) is 1. The fourth-order valence-corrected chi connectivity index (χ4v) is 1.50. The van der Waals surface area contributed by atoms with Gasteiger partial charge >= 0.3 is 6.36 Å². The van der Waals surface area contributed by atoms with Crippen LogP contribution in [0.2, 0.25) is 0 Å². The highest BCUT2D eigenvalue weighted by atomic mass is 19.4. The second kappa shape index (κ2) is 6.83. The van der Waals surface area contributed by atoms with Gasteiger partial charge in [0.25, 0.3) is 0 Å². The van der Waals surface area contributed by atoms with Gasteiger partial charge in [-0.05, 0) is 35.8 Å². The fraction of sp³-hybridized carbons (Fsp3) is 0.200. The Balaban J connectivity index is 0.00000324. The molecule has 0 fully saturated rings. The lowest BCUT2D eigenvalue weighted by atomic mass is 10.00. The zero-order chi connectivity index (χ0) is 13.8. The number of hydrogen-bond donors (Lipinski definition) is 0. The molecule has 0 aliphatic carbocycles. The van der Waals surface area contributed by atoms with Gasteiger partial charge in [-0.2, -0.15) is 0 Å². The summed E-state index contributed by atoms with van der Waals surface area (Å²) in [5, 5.41) is 0. The van der Waals surface area contributed by atoms with E-state index in [-0.39, 0.29) is 13.2 Å². The van der Waals surface area contributed by atoms with E-state index in [1.54, 1.807) is 31.2 Å². The molecule has 19 heavy (non-hydrogen) atoms. The van der Waals surface area contributed by atoms with Crippen LogP contribution in [0.3, 0.4) is 0 Å². The van der Waals surface area contributed by atoms with Crippen LogP contribution in [-0.4, -0.2) is 6.36 Å². The fourth-order valence-electron chi connectivity index (χ4n) is 1.50. The topological polar surface area (TPSA) is 9.23 Å². The van der Waals surface area contributed by atoms with Gasteiger partial charge in [-0.1, -0.05) is 44.9 Å². The summed E-state index contributed by atoms with van der Waals surface area (Å²) in [7, 11) is 0. The van der Waals surface area contributed by atoms with Gasteiger partial charge in [0, 0.05) is 0 Å². The monoisotopic (exact) mass is 270 g/mol. The van der Waals surface area contributed by atoms with E-state index in [0.29, 0.717) is 11.1 Å². The maximum atomic E-state index is 12.1. The molecule has 1 rings (SSSR count). The number of ether oxygens (including phenoxy) is 1. The minimum atomic E-state index is -4.69. The van der Waals surface area contributed by atoms with Gasteiger partial charge in [0.1, 0.15) is 5.75 Å². The van der Waals surface area contributed by atoms with Crippen molar-refractivity contribution in [2.75, 3.05) is 0 Å². The molecule has 0 aromatic heterocycles. The molecule has 0 aliphatic heterocycles. The van der Waals surface area contributed by atoms with Gasteiger partial charge in [0.2, 0.25) is 0 Å². The lowest BCUT2D eigenvalue weighted by Gasteiger charge is -2.12. The first-order chi connectivity index (χ1) is 8.37. The first-order valence-electron chi connectivity index (χ1n) is 5.19. The Kier molecular flexibility index (Phi) is 6.12. The van der Waals surface area contributed by atoms with Crippen molar-refractivity contribution in [2.45, 2.75) is 20.7 Å². The maximum absolute atomic E-state index is 12.1. The first kappa shape index (κ1) is 17.0. The Morgan fingerprint density at radius 3 is 2.37 bits per heavy atom. The van der Waals surface area contributed by atoms with Crippen LogP contribution in [0.25, 0.3) is 5.57 Å². The molecule has 0 spiro atoms. The maximum Gasteiger partial charge on any atom is 0.573 e. The zero-order valence-corrected chi connectivity index (χ0v) is 9.92. The van der Waals surface area contributed by atoms with E-state index in [9.17, 15) is 13.2 Å². The molecule has 4 heteroatoms. The molecule has 0 aliphatic rings. The minimum Gasteiger partial charge on any atom is -0.406 e. The van der Waals surface area contributed by atoms with Crippen LogP contribution < -0.4 is 4.74 Å². The van der Waals surface area contributed by atoms with E-state index >= 15 is 0 Å². The molecular formula is C15H17F3O. The quantitative estimate of drug-likeness (QED) is 0.676. The molecule has 0 bridgehead atoms. The van der Waals surface area contributed by atoms with Crippen LogP contribution in [-0.2, 0) is 0 Å². The number of alkyl halides is 3. The van der Waals surface area contributed by atoms with Crippen LogP contribution in [0.15, 0.2) is 49.6 Å². The van der Waals surface area contributed by atoms with Crippen molar-refractivity contribution in [1.29, 1.82) is 0 Å². The summed E-state index contributed by atoms with van der Waals surface area (Å²) in [6, 6.07) is 4.18. The van der Waals surface area contributed by atoms with E-state index in [1.807, 2.05) is 0 Å². The van der Waals surface area contributed by atoms with E-state index in [1.165, 1.54) is 12.1 Å². The highest BCUT2D eigenvalue weighted by Gasteiger charge is 2.31. The van der Waals surface area contributed by atoms with Crippen molar-refractivity contribution in [3.63, 3.8) is 0 Å². The molecular weight excluding hydrogens is 253 g/mol. The summed E-state index contributed by atoms with van der Waals surface area (Å²) >= 11 is 0. The van der Waals surface area contributed by atoms with Crippen molar-refractivity contribution >= 4 is 5.57 Å². The molecule has 1 nitrogen and oxygen atoms in total. The molecule has 0 heterocycles. The van der Waals surface area contributed by atoms with E-state index in [0.717, 1.165) is 5.56 Å². The second-order valence-corrected chi connectivity index (χ2v) is 3.59. The Morgan fingerprint density at radius 1 is 1.26 bits per heavy atom. The third-order valence-electron chi connectivity index (χ3n) is 2.27. The molecule has 0 amide bonds. The zero-order valence-electron chi connectivity index (χ0n) is 9.92. The molecule has 0 saturated carbocycles. The van der Waals surface area contributed by atoms with Gasteiger partial charge in [-0.15, -0.1) is 13.2 Å². The average Bonchev–Trinajstić information content (AvgIpc) is 2.27. The molecule has 1 aromatic carbocycles. The summed E-state index contributed by atoms with van der Waals surface area (Å²) < 4.78 is 40.3. The van der Waals surface area contributed by atoms with Gasteiger partial charge in [0.05, 0.1) is 0 Å². The summed E-state index contributed by atoms with van der Waals surface area (Å²) in [4.78, 5) is 0. The highest BCUT2D eigenvalue weighted by Crippen LogP contribution is 2.28. The molecule has 0 N–H and O–H groups in total. The SMILES string of the molecule is C.C=C/C=C(\C=C)c1cc(OC(F)(F)F)ccc1C. The second-order valence-electron chi connectivity index (χ2n) is 3.59. The Hall–Kier alpha value is -1.97. The summed E-state index contributed by atoms with van der Waals surface area (Å²) in [6.45, 7) is 8.97. The van der Waals surface area contributed by atoms with Gasteiger partial charge in [0.15, 0.2) is 0 Å². The van der Waals surface area contributed by atoms with Crippen molar-refractivity contribution < 1.29 is 17.9 Å². The summed E-state index contributed by atoms with van der Waals surface area (Å²) in [6.07, 6.45) is 0.0881. The van der Waals surface area contributed by atoms with Crippen molar-refractivity contribution in [3.8, 4) is 5.75 Å². The number of halogens is 3. The predicted molar refractivity (Wildman–Crippen MR) is 73.0 cm³/mol. The van der Waals surface area contributed by atoms with Crippen LogP contribution in [0.5, 0.6) is 5.75 Å². The van der Waals surface area contributed by atoms with Crippen molar-refractivity contribution in [3.05, 3.63) is 60.7 Å². The first-order valence-corrected chi connectivity index (χ1v) is 5.19. The molecule has 1 aromatic rings. The lowest BCUT2D eigenvalue weighted by molar-refractivity contribution is -0.274. The summed E-state index contributed by atoms with van der Waals surface area (Å²) in [5.74, 6) is -0.250. The van der Waals surface area contributed by atoms with E-state index < -0.39 is 6.36 Å². The molecule has 0 unspecified atom stereocenters. The Bertz CT molecular complexity index is 485. The molecule has 0 atom stereocenters. The molecule has 0 saturated heterocycles. The van der Waals surface area contributed by atoms with Crippen molar-refractivity contribution in [2.24, 2.45) is 0 Å². The van der Waals surface area contributed by atoms with Gasteiger partial charge in [-0.3, -0.25) is 0 Å². The normalized spacial score (nSPS) is 11.5. The standard InChI is InChI=1S/C14H13F3O.CH4/c1-4-6-11(5-2)13-9-12(8-7-10(13)3)18-14(15,16)17;/h4-9H,1-2H2,3H3;1H4/b11-6+;. The third kappa shape index (κ3) is 5.04. The third-order valence-corrected chi connectivity index (χ3v) is 2.27. The number of rotatable bonds is 4. The van der Waals surface area contributed by atoms with Crippen molar-refractivity contribution in [1.82, 2.24) is 0 Å². The van der Waals surface area contributed by atoms with E-state index in [4.69, 9.17) is 0 Å². The number of aryl methyl sites for hydroxylation is 1. The Morgan fingerprint density at radius 2 is 1.89 bits per heavy atom.